The lowest BCUT2D eigenvalue weighted by atomic mass is 10.2. The normalized spacial score (nSPS) is 10.6. The fourth-order valence-corrected chi connectivity index (χ4v) is 1.21. The number of hydrogen-bond acceptors (Lipinski definition) is 4. The molecule has 0 amide bonds. The van der Waals surface area contributed by atoms with Gasteiger partial charge < -0.3 is 14.5 Å². The van der Waals surface area contributed by atoms with Gasteiger partial charge in [0.25, 0.3) is 0 Å². The van der Waals surface area contributed by atoms with Gasteiger partial charge in [0, 0.05) is 13.2 Å². The second kappa shape index (κ2) is 7.04. The Morgan fingerprint density at radius 3 is 2.94 bits per heavy atom. The Morgan fingerprint density at radius 1 is 1.50 bits per heavy atom. The molecule has 1 N–H and O–H groups in total. The van der Waals surface area contributed by atoms with Crippen LogP contribution in [0.4, 0.5) is 0 Å². The third-order valence-electron chi connectivity index (χ3n) is 1.95. The molecular formula is C12H18N2O2. The summed E-state index contributed by atoms with van der Waals surface area (Å²) in [6.07, 6.45) is 0. The lowest BCUT2D eigenvalue weighted by Crippen LogP contribution is -2.20. The molecule has 0 aliphatic rings. The summed E-state index contributed by atoms with van der Waals surface area (Å²) in [5.41, 5.74) is 0. The van der Waals surface area contributed by atoms with Crippen LogP contribution in [0.3, 0.4) is 0 Å². The summed E-state index contributed by atoms with van der Waals surface area (Å²) in [6.45, 7) is 7.16. The average Bonchev–Trinajstić information content (AvgIpc) is 2.70. The summed E-state index contributed by atoms with van der Waals surface area (Å²) in [4.78, 5) is 0. The van der Waals surface area contributed by atoms with Crippen molar-refractivity contribution in [2.75, 3.05) is 19.8 Å². The highest BCUT2D eigenvalue weighted by molar-refractivity contribution is 5.18. The zero-order chi connectivity index (χ0) is 11.8. The monoisotopic (exact) mass is 222 g/mol. The molecule has 4 heteroatoms. The Morgan fingerprint density at radius 2 is 2.31 bits per heavy atom. The van der Waals surface area contributed by atoms with Gasteiger partial charge >= 0.3 is 0 Å². The van der Waals surface area contributed by atoms with E-state index >= 15 is 0 Å². The van der Waals surface area contributed by atoms with Gasteiger partial charge in [-0.1, -0.05) is 13.8 Å². The van der Waals surface area contributed by atoms with Gasteiger partial charge in [0.2, 0.25) is 5.76 Å². The molecule has 0 aliphatic heterocycles. The number of rotatable bonds is 7. The van der Waals surface area contributed by atoms with E-state index in [1.165, 1.54) is 0 Å². The fraction of sp³-hybridized carbons (Fsp3) is 0.583. The van der Waals surface area contributed by atoms with Crippen molar-refractivity contribution in [2.24, 2.45) is 5.92 Å². The van der Waals surface area contributed by atoms with E-state index in [-0.39, 0.29) is 0 Å². The van der Waals surface area contributed by atoms with Gasteiger partial charge in [-0.2, -0.15) is 5.26 Å². The summed E-state index contributed by atoms with van der Waals surface area (Å²) < 4.78 is 10.6. The summed E-state index contributed by atoms with van der Waals surface area (Å²) >= 11 is 0. The quantitative estimate of drug-likeness (QED) is 0.716. The van der Waals surface area contributed by atoms with Gasteiger partial charge in [-0.05, 0) is 18.1 Å². The van der Waals surface area contributed by atoms with Gasteiger partial charge in [-0.3, -0.25) is 0 Å². The lowest BCUT2D eigenvalue weighted by Gasteiger charge is -2.06. The smallest absolute Gasteiger partial charge is 0.203 e. The zero-order valence-corrected chi connectivity index (χ0v) is 9.82. The Kier molecular flexibility index (Phi) is 5.62. The van der Waals surface area contributed by atoms with Crippen LogP contribution in [0.2, 0.25) is 0 Å². The first-order valence-corrected chi connectivity index (χ1v) is 5.49. The molecule has 1 heterocycles. The highest BCUT2D eigenvalue weighted by Gasteiger charge is 2.00. The minimum absolute atomic E-state index is 0.354. The third kappa shape index (κ3) is 4.96. The van der Waals surface area contributed by atoms with Crippen molar-refractivity contribution < 1.29 is 9.15 Å². The molecule has 0 unspecified atom stereocenters. The maximum atomic E-state index is 8.56. The number of furan rings is 1. The molecule has 0 radical (unpaired) electrons. The minimum Gasteiger partial charge on any atom is -0.449 e. The standard InChI is InChI=1S/C12H18N2O2/c1-10(2)9-15-6-5-14-8-12-4-3-11(7-13)16-12/h3-4,10,14H,5-6,8-9H2,1-2H3. The van der Waals surface area contributed by atoms with Gasteiger partial charge in [0.05, 0.1) is 13.2 Å². The summed E-state index contributed by atoms with van der Waals surface area (Å²) in [6, 6.07) is 5.43. The van der Waals surface area contributed by atoms with Crippen LogP contribution in [0.5, 0.6) is 0 Å². The maximum Gasteiger partial charge on any atom is 0.203 e. The van der Waals surface area contributed by atoms with E-state index in [1.54, 1.807) is 12.1 Å². The maximum absolute atomic E-state index is 8.56. The van der Waals surface area contributed by atoms with Crippen LogP contribution in [0.25, 0.3) is 0 Å². The van der Waals surface area contributed by atoms with E-state index in [0.29, 0.717) is 24.8 Å². The lowest BCUT2D eigenvalue weighted by molar-refractivity contribution is 0.111. The number of nitrogens with one attached hydrogen (secondary N) is 1. The van der Waals surface area contributed by atoms with Gasteiger partial charge in [-0.15, -0.1) is 0 Å². The van der Waals surface area contributed by atoms with Crippen molar-refractivity contribution in [2.45, 2.75) is 20.4 Å². The van der Waals surface area contributed by atoms with E-state index in [0.717, 1.165) is 18.9 Å². The molecule has 0 aromatic carbocycles. The van der Waals surface area contributed by atoms with Gasteiger partial charge in [0.1, 0.15) is 11.8 Å². The number of nitrogens with zero attached hydrogens (tertiary/aromatic N) is 1. The molecule has 0 saturated carbocycles. The summed E-state index contributed by atoms with van der Waals surface area (Å²) in [7, 11) is 0. The van der Waals surface area contributed by atoms with Gasteiger partial charge in [0.15, 0.2) is 0 Å². The van der Waals surface area contributed by atoms with Gasteiger partial charge in [-0.25, -0.2) is 0 Å². The molecule has 16 heavy (non-hydrogen) atoms. The summed E-state index contributed by atoms with van der Waals surface area (Å²) in [5.74, 6) is 1.71. The third-order valence-corrected chi connectivity index (χ3v) is 1.95. The first-order chi connectivity index (χ1) is 7.72. The predicted octanol–water partition coefficient (Wildman–Crippen LogP) is 1.91. The molecule has 0 spiro atoms. The first-order valence-electron chi connectivity index (χ1n) is 5.49. The van der Waals surface area contributed by atoms with E-state index in [2.05, 4.69) is 19.2 Å². The molecule has 1 rings (SSSR count). The molecule has 88 valence electrons. The van der Waals surface area contributed by atoms with Crippen LogP contribution in [0.1, 0.15) is 25.4 Å². The average molecular weight is 222 g/mol. The minimum atomic E-state index is 0.354. The molecule has 4 nitrogen and oxygen atoms in total. The Bertz CT molecular complexity index is 339. The van der Waals surface area contributed by atoms with Crippen molar-refractivity contribution in [3.05, 3.63) is 23.7 Å². The van der Waals surface area contributed by atoms with E-state index in [9.17, 15) is 0 Å². The molecule has 0 fully saturated rings. The van der Waals surface area contributed by atoms with Crippen LogP contribution in [0, 0.1) is 17.2 Å². The van der Waals surface area contributed by atoms with Crippen molar-refractivity contribution >= 4 is 0 Å². The van der Waals surface area contributed by atoms with Crippen LogP contribution >= 0.6 is 0 Å². The highest BCUT2D eigenvalue weighted by Crippen LogP contribution is 2.05. The number of ether oxygens (including phenoxy) is 1. The fourth-order valence-electron chi connectivity index (χ4n) is 1.21. The van der Waals surface area contributed by atoms with E-state index in [1.807, 2.05) is 6.07 Å². The second-order valence-electron chi connectivity index (χ2n) is 4.02. The highest BCUT2D eigenvalue weighted by atomic mass is 16.5. The van der Waals surface area contributed by atoms with Crippen LogP contribution < -0.4 is 5.32 Å². The summed E-state index contributed by atoms with van der Waals surface area (Å²) in [5, 5.41) is 11.7. The van der Waals surface area contributed by atoms with Crippen LogP contribution in [-0.4, -0.2) is 19.8 Å². The second-order valence-corrected chi connectivity index (χ2v) is 4.02. The first kappa shape index (κ1) is 12.8. The van der Waals surface area contributed by atoms with E-state index in [4.69, 9.17) is 14.4 Å². The van der Waals surface area contributed by atoms with Crippen LogP contribution in [-0.2, 0) is 11.3 Å². The zero-order valence-electron chi connectivity index (χ0n) is 9.82. The van der Waals surface area contributed by atoms with Crippen molar-refractivity contribution in [3.8, 4) is 6.07 Å². The predicted molar refractivity (Wildman–Crippen MR) is 60.8 cm³/mol. The topological polar surface area (TPSA) is 58.2 Å². The van der Waals surface area contributed by atoms with Crippen molar-refractivity contribution in [1.82, 2.24) is 5.32 Å². The van der Waals surface area contributed by atoms with Crippen LogP contribution in [0.15, 0.2) is 16.5 Å². The Balaban J connectivity index is 2.05. The Hall–Kier alpha value is -1.31. The number of hydrogen-bond donors (Lipinski definition) is 1. The molecule has 0 aliphatic carbocycles. The van der Waals surface area contributed by atoms with Crippen molar-refractivity contribution in [3.63, 3.8) is 0 Å². The molecular weight excluding hydrogens is 204 g/mol. The molecule has 0 atom stereocenters. The largest absolute Gasteiger partial charge is 0.449 e. The molecule has 1 aromatic rings. The SMILES string of the molecule is CC(C)COCCNCc1ccc(C#N)o1. The number of nitriles is 1. The Labute approximate surface area is 96.2 Å². The molecule has 0 bridgehead atoms. The van der Waals surface area contributed by atoms with E-state index < -0.39 is 0 Å². The molecule has 0 saturated heterocycles. The van der Waals surface area contributed by atoms with Crippen molar-refractivity contribution in [1.29, 1.82) is 5.26 Å². The molecule has 1 aromatic heterocycles.